The zero-order valence-corrected chi connectivity index (χ0v) is 15.9. The van der Waals surface area contributed by atoms with Gasteiger partial charge in [-0.25, -0.2) is 0 Å². The van der Waals surface area contributed by atoms with Gasteiger partial charge in [0.2, 0.25) is 11.8 Å². The minimum atomic E-state index is -1.56. The highest BCUT2D eigenvalue weighted by atomic mass is 16.4. The molecule has 0 spiro atoms. The van der Waals surface area contributed by atoms with E-state index in [2.05, 4.69) is 0 Å². The van der Waals surface area contributed by atoms with Crippen molar-refractivity contribution in [3.05, 3.63) is 65.7 Å². The molecular weight excluding hydrogens is 372 g/mol. The minimum absolute atomic E-state index is 0.0282. The molecule has 2 aliphatic heterocycles. The highest BCUT2D eigenvalue weighted by Gasteiger charge is 2.69. The molecule has 0 bridgehead atoms. The Bertz CT molecular complexity index is 976. The maximum atomic E-state index is 13.3. The third-order valence-corrected chi connectivity index (χ3v) is 6.31. The number of hydrogen-bond donors (Lipinski definition) is 2. The number of quaternary nitrogens is 1. The van der Waals surface area contributed by atoms with Crippen molar-refractivity contribution in [1.82, 2.24) is 4.90 Å². The van der Waals surface area contributed by atoms with E-state index in [0.717, 1.165) is 10.5 Å². The van der Waals surface area contributed by atoms with Crippen molar-refractivity contribution in [2.24, 2.45) is 11.8 Å². The van der Waals surface area contributed by atoms with Crippen LogP contribution in [0.1, 0.15) is 30.5 Å². The lowest BCUT2D eigenvalue weighted by molar-refractivity contribution is -0.739. The summed E-state index contributed by atoms with van der Waals surface area (Å²) in [6.07, 6.45) is 0.124. The summed E-state index contributed by atoms with van der Waals surface area (Å²) in [7, 11) is 0. The van der Waals surface area contributed by atoms with Crippen LogP contribution in [0.25, 0.3) is 0 Å². The molecule has 2 saturated heterocycles. The number of amides is 2. The van der Waals surface area contributed by atoms with Crippen LogP contribution in [-0.2, 0) is 20.9 Å². The van der Waals surface area contributed by atoms with Crippen LogP contribution < -0.4 is 10.4 Å². The maximum absolute atomic E-state index is 13.3. The van der Waals surface area contributed by atoms with Crippen molar-refractivity contribution < 1.29 is 29.9 Å². The van der Waals surface area contributed by atoms with Crippen LogP contribution in [0.3, 0.4) is 0 Å². The Morgan fingerprint density at radius 1 is 1.10 bits per heavy atom. The quantitative estimate of drug-likeness (QED) is 0.677. The van der Waals surface area contributed by atoms with Gasteiger partial charge in [0.25, 0.3) is 0 Å². The van der Waals surface area contributed by atoms with Crippen LogP contribution in [0.4, 0.5) is 0 Å². The van der Waals surface area contributed by atoms with Crippen molar-refractivity contribution in [3.8, 4) is 5.75 Å². The molecule has 4 atom stereocenters. The largest absolute Gasteiger partial charge is 0.544 e. The monoisotopic (exact) mass is 394 g/mol. The van der Waals surface area contributed by atoms with E-state index in [0.29, 0.717) is 5.56 Å². The van der Waals surface area contributed by atoms with Crippen LogP contribution in [-0.4, -0.2) is 33.3 Å². The predicted molar refractivity (Wildman–Crippen MR) is 99.8 cm³/mol. The molecule has 2 amide bonds. The lowest BCUT2D eigenvalue weighted by atomic mass is 9.78. The highest BCUT2D eigenvalue weighted by molar-refractivity contribution is 6.08. The molecule has 29 heavy (non-hydrogen) atoms. The van der Waals surface area contributed by atoms with Crippen molar-refractivity contribution in [2.45, 2.75) is 31.5 Å². The normalized spacial score (nSPS) is 28.6. The van der Waals surface area contributed by atoms with E-state index in [9.17, 15) is 24.6 Å². The third-order valence-electron chi connectivity index (χ3n) is 6.31. The molecular formula is C22H22N2O5. The Balaban J connectivity index is 1.79. The number of nitrogens with two attached hydrogens (primary N) is 1. The topological polar surface area (TPSA) is 114 Å². The van der Waals surface area contributed by atoms with Crippen molar-refractivity contribution >= 4 is 17.8 Å². The van der Waals surface area contributed by atoms with Gasteiger partial charge in [-0.1, -0.05) is 49.4 Å². The number of carboxylic acids is 1. The molecule has 0 saturated carbocycles. The van der Waals surface area contributed by atoms with Crippen LogP contribution in [0.15, 0.2) is 54.6 Å². The first-order valence-corrected chi connectivity index (χ1v) is 9.65. The first-order chi connectivity index (χ1) is 13.9. The van der Waals surface area contributed by atoms with E-state index < -0.39 is 41.2 Å². The number of phenols is 1. The molecule has 2 heterocycles. The fourth-order valence-electron chi connectivity index (χ4n) is 4.83. The molecule has 3 N–H and O–H groups in total. The second-order valence-corrected chi connectivity index (χ2v) is 7.68. The summed E-state index contributed by atoms with van der Waals surface area (Å²) in [5.74, 6) is -4.22. The van der Waals surface area contributed by atoms with Crippen LogP contribution in [0, 0.1) is 11.8 Å². The smallest absolute Gasteiger partial charge is 0.240 e. The molecule has 150 valence electrons. The van der Waals surface area contributed by atoms with Crippen LogP contribution >= 0.6 is 0 Å². The maximum Gasteiger partial charge on any atom is 0.240 e. The summed E-state index contributed by atoms with van der Waals surface area (Å²) >= 11 is 0. The summed E-state index contributed by atoms with van der Waals surface area (Å²) in [6.45, 7) is 1.76. The van der Waals surface area contributed by atoms with E-state index >= 15 is 0 Å². The molecule has 0 radical (unpaired) electrons. The molecule has 0 aromatic heterocycles. The number of phenolic OH excluding ortho intramolecular Hbond substituents is 1. The molecule has 2 aliphatic rings. The second-order valence-electron chi connectivity index (χ2n) is 7.68. The number of fused-ring (bicyclic) bond motifs is 1. The fraction of sp³-hybridized carbons (Fsp3) is 0.318. The molecule has 7 heteroatoms. The van der Waals surface area contributed by atoms with Gasteiger partial charge < -0.3 is 20.3 Å². The number of carboxylic acid groups (broad SMARTS) is 1. The zero-order valence-electron chi connectivity index (χ0n) is 15.9. The minimum Gasteiger partial charge on any atom is -0.544 e. The first-order valence-electron chi connectivity index (χ1n) is 9.65. The summed E-state index contributed by atoms with van der Waals surface area (Å²) < 4.78 is 0. The van der Waals surface area contributed by atoms with Gasteiger partial charge >= 0.3 is 0 Å². The van der Waals surface area contributed by atoms with Gasteiger partial charge in [0.1, 0.15) is 35.1 Å². The Hall–Kier alpha value is -3.19. The average Bonchev–Trinajstić information content (AvgIpc) is 3.19. The molecule has 7 nitrogen and oxygen atoms in total. The summed E-state index contributed by atoms with van der Waals surface area (Å²) in [6, 6.07) is 14.9. The van der Waals surface area contributed by atoms with Gasteiger partial charge in [-0.3, -0.25) is 14.5 Å². The van der Waals surface area contributed by atoms with E-state index in [1.165, 1.54) is 11.4 Å². The van der Waals surface area contributed by atoms with Gasteiger partial charge in [0.15, 0.2) is 0 Å². The fourth-order valence-corrected chi connectivity index (χ4v) is 4.83. The summed E-state index contributed by atoms with van der Waals surface area (Å²) in [4.78, 5) is 39.9. The third kappa shape index (κ3) is 2.81. The number of aromatic hydroxyl groups is 1. The number of likely N-dealkylation sites (tertiary alicyclic amines) is 1. The lowest BCUT2D eigenvalue weighted by Crippen LogP contribution is -2.99. The number of hydrogen-bond acceptors (Lipinski definition) is 5. The predicted octanol–water partition coefficient (Wildman–Crippen LogP) is -0.290. The van der Waals surface area contributed by atoms with Crippen LogP contribution in [0.5, 0.6) is 5.75 Å². The molecule has 2 fully saturated rings. The van der Waals surface area contributed by atoms with E-state index in [-0.39, 0.29) is 18.7 Å². The molecule has 2 aromatic carbocycles. The van der Waals surface area contributed by atoms with Crippen molar-refractivity contribution in [2.75, 3.05) is 0 Å². The van der Waals surface area contributed by atoms with Crippen molar-refractivity contribution in [3.63, 3.8) is 0 Å². The number of para-hydroxylation sites is 1. The molecule has 4 rings (SSSR count). The molecule has 0 aliphatic carbocycles. The Labute approximate surface area is 168 Å². The van der Waals surface area contributed by atoms with E-state index in [4.69, 9.17) is 0 Å². The first kappa shape index (κ1) is 19.1. The summed E-state index contributed by atoms with van der Waals surface area (Å²) in [5.41, 5.74) is -0.329. The SMILES string of the molecule is CC[C@@]1(C(=O)[O-])[NH2+][C@@H](c2ccccc2O)[C@H]2C(=O)N(Cc3ccccc3)C(=O)[C@@H]21. The zero-order chi connectivity index (χ0) is 20.8. The van der Waals surface area contributed by atoms with Gasteiger partial charge in [0, 0.05) is 6.42 Å². The second kappa shape index (κ2) is 7.00. The Morgan fingerprint density at radius 3 is 2.38 bits per heavy atom. The average molecular weight is 394 g/mol. The van der Waals surface area contributed by atoms with E-state index in [1.54, 1.807) is 25.1 Å². The number of carbonyl (C=O) groups excluding carboxylic acids is 3. The number of benzene rings is 2. The number of imide groups is 1. The van der Waals surface area contributed by atoms with Gasteiger partial charge in [0.05, 0.1) is 12.1 Å². The number of carbonyl (C=O) groups is 3. The van der Waals surface area contributed by atoms with E-state index in [1.807, 2.05) is 30.3 Å². The van der Waals surface area contributed by atoms with Crippen molar-refractivity contribution in [1.29, 1.82) is 0 Å². The highest BCUT2D eigenvalue weighted by Crippen LogP contribution is 2.46. The lowest BCUT2D eigenvalue weighted by Gasteiger charge is -2.31. The van der Waals surface area contributed by atoms with Gasteiger partial charge in [-0.15, -0.1) is 0 Å². The summed E-state index contributed by atoms with van der Waals surface area (Å²) in [5, 5.41) is 24.1. The van der Waals surface area contributed by atoms with Gasteiger partial charge in [-0.05, 0) is 17.7 Å². The Morgan fingerprint density at radius 2 is 1.76 bits per heavy atom. The number of nitrogens with zero attached hydrogens (tertiary/aromatic N) is 1. The molecule has 2 aromatic rings. The van der Waals surface area contributed by atoms with Crippen LogP contribution in [0.2, 0.25) is 0 Å². The number of aliphatic carboxylic acids is 1. The van der Waals surface area contributed by atoms with Gasteiger partial charge in [-0.2, -0.15) is 0 Å². The molecule has 0 unspecified atom stereocenters. The Kier molecular flexibility index (Phi) is 4.62. The standard InChI is InChI=1S/C22H22N2O5/c1-2-22(21(28)29)17-16(18(23-22)14-10-6-7-11-15(14)25)19(26)24(20(17)27)12-13-8-4-3-5-9-13/h3-11,16-18,23,25H,2,12H2,1H3,(H,28,29)/t16-,17+,18-,22+/m0/s1. The number of rotatable bonds is 5.